The molecule has 0 bridgehead atoms. The molecule has 0 spiro atoms. The zero-order valence-corrected chi connectivity index (χ0v) is 19.0. The van der Waals surface area contributed by atoms with Crippen LogP contribution in [0.1, 0.15) is 124 Å². The van der Waals surface area contributed by atoms with E-state index in [1.165, 1.54) is 44.9 Å². The third-order valence-electron chi connectivity index (χ3n) is 5.18. The maximum absolute atomic E-state index is 12.1. The van der Waals surface area contributed by atoms with E-state index in [1.54, 1.807) is 0 Å². The summed E-state index contributed by atoms with van der Waals surface area (Å²) in [5.74, 6) is 0.577. The summed E-state index contributed by atoms with van der Waals surface area (Å²) in [5.41, 5.74) is 0. The number of rotatable bonds is 19. The van der Waals surface area contributed by atoms with E-state index in [2.05, 4.69) is 27.7 Å². The van der Waals surface area contributed by atoms with Crippen molar-refractivity contribution in [3.63, 3.8) is 0 Å². The van der Waals surface area contributed by atoms with Crippen LogP contribution in [0.25, 0.3) is 0 Å². The van der Waals surface area contributed by atoms with E-state index in [0.29, 0.717) is 19.3 Å². The number of carbonyl (C=O) groups excluding carboxylic acids is 1. The van der Waals surface area contributed by atoms with Crippen LogP contribution < -0.4 is 0 Å². The predicted molar refractivity (Wildman–Crippen MR) is 116 cm³/mol. The van der Waals surface area contributed by atoms with Gasteiger partial charge in [-0.1, -0.05) is 72.6 Å². The van der Waals surface area contributed by atoms with Crippen molar-refractivity contribution in [1.29, 1.82) is 0 Å². The highest BCUT2D eigenvalue weighted by molar-refractivity contribution is 5.70. The van der Waals surface area contributed by atoms with Crippen molar-refractivity contribution >= 4 is 11.9 Å². The Labute approximate surface area is 173 Å². The zero-order chi connectivity index (χ0) is 21.2. The highest BCUT2D eigenvalue weighted by Gasteiger charge is 2.14. The molecule has 0 radical (unpaired) electrons. The second kappa shape index (κ2) is 18.0. The first kappa shape index (κ1) is 26.9. The third kappa shape index (κ3) is 19.7. The van der Waals surface area contributed by atoms with Crippen LogP contribution in [0.4, 0.5) is 0 Å². The van der Waals surface area contributed by atoms with E-state index in [9.17, 15) is 9.59 Å². The molecule has 0 aliphatic carbocycles. The normalized spacial score (nSPS) is 12.5. The second-order valence-corrected chi connectivity index (χ2v) is 9.13. The van der Waals surface area contributed by atoms with Crippen molar-refractivity contribution < 1.29 is 19.4 Å². The van der Waals surface area contributed by atoms with Crippen LogP contribution in [0.2, 0.25) is 0 Å². The summed E-state index contributed by atoms with van der Waals surface area (Å²) in [6.45, 7) is 9.05. The van der Waals surface area contributed by atoms with Crippen LogP contribution in [-0.2, 0) is 14.3 Å². The number of hydrogen-bond acceptors (Lipinski definition) is 3. The van der Waals surface area contributed by atoms with Gasteiger partial charge < -0.3 is 9.84 Å². The van der Waals surface area contributed by atoms with Crippen molar-refractivity contribution in [3.8, 4) is 0 Å². The Hall–Kier alpha value is -1.06. The van der Waals surface area contributed by atoms with Gasteiger partial charge in [-0.25, -0.2) is 0 Å². The largest absolute Gasteiger partial charge is 0.481 e. The molecule has 0 heterocycles. The summed E-state index contributed by atoms with van der Waals surface area (Å²) in [6, 6.07) is 0. The van der Waals surface area contributed by atoms with Crippen molar-refractivity contribution in [3.05, 3.63) is 0 Å². The summed E-state index contributed by atoms with van der Waals surface area (Å²) in [4.78, 5) is 22.7. The van der Waals surface area contributed by atoms with Gasteiger partial charge >= 0.3 is 11.9 Å². The number of carbonyl (C=O) groups is 2. The van der Waals surface area contributed by atoms with Crippen LogP contribution in [0.15, 0.2) is 0 Å². The molecule has 0 rings (SSSR count). The summed E-state index contributed by atoms with van der Waals surface area (Å²) in [5, 5.41) is 8.67. The Kier molecular flexibility index (Phi) is 17.3. The van der Waals surface area contributed by atoms with E-state index >= 15 is 0 Å². The van der Waals surface area contributed by atoms with Gasteiger partial charge in [-0.05, 0) is 50.4 Å². The monoisotopic (exact) mass is 398 g/mol. The average molecular weight is 399 g/mol. The Morgan fingerprint density at radius 1 is 0.643 bits per heavy atom. The van der Waals surface area contributed by atoms with Gasteiger partial charge in [-0.3, -0.25) is 9.59 Å². The van der Waals surface area contributed by atoms with Crippen molar-refractivity contribution in [1.82, 2.24) is 0 Å². The fraction of sp³-hybridized carbons (Fsp3) is 0.917. The lowest BCUT2D eigenvalue weighted by Gasteiger charge is -2.18. The molecule has 0 aliphatic heterocycles. The van der Waals surface area contributed by atoms with Crippen LogP contribution >= 0.6 is 0 Å². The Balaban J connectivity index is 4.11. The lowest BCUT2D eigenvalue weighted by Crippen LogP contribution is -2.18. The molecule has 0 aromatic heterocycles. The number of ether oxygens (including phenoxy) is 1. The van der Waals surface area contributed by atoms with E-state index < -0.39 is 5.97 Å². The zero-order valence-electron chi connectivity index (χ0n) is 19.0. The quantitative estimate of drug-likeness (QED) is 0.185. The fourth-order valence-electron chi connectivity index (χ4n) is 3.43. The van der Waals surface area contributed by atoms with Crippen molar-refractivity contribution in [2.45, 2.75) is 130 Å². The smallest absolute Gasteiger partial charge is 0.306 e. The Morgan fingerprint density at radius 3 is 1.54 bits per heavy atom. The van der Waals surface area contributed by atoms with Crippen molar-refractivity contribution in [2.75, 3.05) is 0 Å². The predicted octanol–water partition coefficient (Wildman–Crippen LogP) is 7.15. The summed E-state index contributed by atoms with van der Waals surface area (Å²) < 4.78 is 5.74. The third-order valence-corrected chi connectivity index (χ3v) is 5.18. The molecule has 1 N–H and O–H groups in total. The molecule has 0 aromatic rings. The highest BCUT2D eigenvalue weighted by Crippen LogP contribution is 2.18. The van der Waals surface area contributed by atoms with E-state index in [4.69, 9.17) is 9.84 Å². The minimum absolute atomic E-state index is 0.0381. The van der Waals surface area contributed by atoms with E-state index in [1.807, 2.05) is 0 Å². The molecule has 1 unspecified atom stereocenters. The number of carboxylic acid groups (broad SMARTS) is 1. The van der Waals surface area contributed by atoms with E-state index in [0.717, 1.165) is 37.5 Å². The number of esters is 1. The van der Waals surface area contributed by atoms with Gasteiger partial charge in [-0.2, -0.15) is 0 Å². The van der Waals surface area contributed by atoms with Gasteiger partial charge in [0.1, 0.15) is 6.10 Å². The first-order valence-electron chi connectivity index (χ1n) is 11.7. The van der Waals surface area contributed by atoms with Crippen LogP contribution in [-0.4, -0.2) is 23.1 Å². The minimum Gasteiger partial charge on any atom is -0.481 e. The highest BCUT2D eigenvalue weighted by atomic mass is 16.5. The minimum atomic E-state index is -0.801. The fourth-order valence-corrected chi connectivity index (χ4v) is 3.43. The van der Waals surface area contributed by atoms with Gasteiger partial charge in [0.15, 0.2) is 0 Å². The van der Waals surface area contributed by atoms with Gasteiger partial charge in [-0.15, -0.1) is 0 Å². The Morgan fingerprint density at radius 2 is 1.07 bits per heavy atom. The Bertz CT molecular complexity index is 390. The molecule has 1 atom stereocenters. The molecule has 166 valence electrons. The molecular weight excluding hydrogens is 352 g/mol. The first-order chi connectivity index (χ1) is 13.3. The summed E-state index contributed by atoms with van der Waals surface area (Å²) >= 11 is 0. The molecule has 0 fully saturated rings. The van der Waals surface area contributed by atoms with Crippen LogP contribution in [0.5, 0.6) is 0 Å². The summed E-state index contributed by atoms with van der Waals surface area (Å²) in [6.07, 6.45) is 14.6. The number of hydrogen-bond donors (Lipinski definition) is 1. The molecule has 0 amide bonds. The van der Waals surface area contributed by atoms with Gasteiger partial charge in [0.25, 0.3) is 0 Å². The average Bonchev–Trinajstić information content (AvgIpc) is 2.60. The standard InChI is InChI=1S/C24H46O4/c1-20(2)14-8-5-6-10-16-22(17-11-7-9-15-21(3)4)28-24(27)19-13-12-18-23(25)26/h20-22H,5-19H2,1-4H3,(H,25,26). The maximum atomic E-state index is 12.1. The van der Waals surface area contributed by atoms with Crippen LogP contribution in [0.3, 0.4) is 0 Å². The van der Waals surface area contributed by atoms with E-state index in [-0.39, 0.29) is 18.5 Å². The van der Waals surface area contributed by atoms with Crippen molar-refractivity contribution in [2.24, 2.45) is 11.8 Å². The molecule has 4 heteroatoms. The molecule has 0 aliphatic rings. The SMILES string of the molecule is CC(C)CCCCCCC(CCCCCC(C)C)OC(=O)CCCCC(=O)O. The lowest BCUT2D eigenvalue weighted by molar-refractivity contribution is -0.150. The summed E-state index contributed by atoms with van der Waals surface area (Å²) in [7, 11) is 0. The lowest BCUT2D eigenvalue weighted by atomic mass is 10.00. The molecule has 28 heavy (non-hydrogen) atoms. The second-order valence-electron chi connectivity index (χ2n) is 9.13. The molecule has 0 saturated heterocycles. The van der Waals surface area contributed by atoms with Gasteiger partial charge in [0.05, 0.1) is 0 Å². The number of aliphatic carboxylic acids is 1. The maximum Gasteiger partial charge on any atom is 0.306 e. The molecule has 0 saturated carbocycles. The molecule has 4 nitrogen and oxygen atoms in total. The topological polar surface area (TPSA) is 63.6 Å². The number of unbranched alkanes of at least 4 members (excludes halogenated alkanes) is 6. The van der Waals surface area contributed by atoms with Gasteiger partial charge in [0.2, 0.25) is 0 Å². The number of carboxylic acids is 1. The first-order valence-corrected chi connectivity index (χ1v) is 11.7. The molecular formula is C24H46O4. The molecule has 0 aromatic carbocycles. The van der Waals surface area contributed by atoms with Gasteiger partial charge in [0, 0.05) is 12.8 Å². The van der Waals surface area contributed by atoms with Crippen LogP contribution in [0, 0.1) is 11.8 Å².